The van der Waals surface area contributed by atoms with Gasteiger partial charge in [0.05, 0.1) is 25.5 Å². The Labute approximate surface area is 112 Å². The second kappa shape index (κ2) is 6.65. The summed E-state index contributed by atoms with van der Waals surface area (Å²) in [4.78, 5) is 8.39. The molecule has 0 unspecified atom stereocenters. The Morgan fingerprint density at radius 1 is 1.37 bits per heavy atom. The summed E-state index contributed by atoms with van der Waals surface area (Å²) < 4.78 is 5.16. The maximum Gasteiger partial charge on any atom is 0.222 e. The number of aromatic nitrogens is 2. The van der Waals surface area contributed by atoms with Gasteiger partial charge in [0.25, 0.3) is 0 Å². The molecule has 0 spiro atoms. The Kier molecular flexibility index (Phi) is 4.89. The highest BCUT2D eigenvalue weighted by Crippen LogP contribution is 2.35. The van der Waals surface area contributed by atoms with E-state index < -0.39 is 0 Å². The minimum Gasteiger partial charge on any atom is -0.394 e. The number of hydrogen-bond acceptors (Lipinski definition) is 7. The second-order valence-electron chi connectivity index (χ2n) is 4.73. The lowest BCUT2D eigenvalue weighted by molar-refractivity contribution is 0.0992. The lowest BCUT2D eigenvalue weighted by Gasteiger charge is -2.32. The maximum atomic E-state index is 8.58. The van der Waals surface area contributed by atoms with Crippen LogP contribution < -0.4 is 16.8 Å². The quantitative estimate of drug-likeness (QED) is 0.500. The van der Waals surface area contributed by atoms with E-state index in [0.717, 1.165) is 18.5 Å². The zero-order valence-electron chi connectivity index (χ0n) is 10.9. The van der Waals surface area contributed by atoms with E-state index in [1.807, 2.05) is 6.07 Å². The van der Waals surface area contributed by atoms with E-state index in [0.29, 0.717) is 31.5 Å². The Hall–Kier alpha value is -1.44. The number of nitrogens with two attached hydrogens (primary N) is 2. The van der Waals surface area contributed by atoms with Gasteiger partial charge in [0, 0.05) is 24.6 Å². The van der Waals surface area contributed by atoms with Gasteiger partial charge >= 0.3 is 0 Å². The van der Waals surface area contributed by atoms with Crippen molar-refractivity contribution in [3.05, 3.63) is 11.8 Å². The zero-order valence-corrected chi connectivity index (χ0v) is 10.9. The van der Waals surface area contributed by atoms with Crippen LogP contribution in [-0.4, -0.2) is 47.5 Å². The van der Waals surface area contributed by atoms with Crippen LogP contribution in [0.2, 0.25) is 0 Å². The second-order valence-corrected chi connectivity index (χ2v) is 4.73. The monoisotopic (exact) mass is 267 g/mol. The zero-order chi connectivity index (χ0) is 13.7. The largest absolute Gasteiger partial charge is 0.394 e. The molecule has 0 aromatic carbocycles. The lowest BCUT2D eigenvalue weighted by Crippen LogP contribution is -2.35. The molecule has 0 atom stereocenters. The fourth-order valence-electron chi connectivity index (χ4n) is 2.11. The molecule has 0 aliphatic heterocycles. The van der Waals surface area contributed by atoms with Gasteiger partial charge in [0.2, 0.25) is 5.95 Å². The molecule has 2 rings (SSSR count). The van der Waals surface area contributed by atoms with E-state index in [1.165, 1.54) is 0 Å². The summed E-state index contributed by atoms with van der Waals surface area (Å²) in [6, 6.07) is 2.20. The number of nitrogens with one attached hydrogen (secondary N) is 1. The number of nitrogens with zero attached hydrogens (tertiary/aromatic N) is 2. The summed E-state index contributed by atoms with van der Waals surface area (Å²) in [5, 5.41) is 11.7. The van der Waals surface area contributed by atoms with Crippen molar-refractivity contribution in [2.24, 2.45) is 5.73 Å². The average molecular weight is 267 g/mol. The number of rotatable bonds is 7. The molecule has 0 amide bonds. The summed E-state index contributed by atoms with van der Waals surface area (Å²) in [6.45, 7) is 1.50. The normalized spacial score (nSPS) is 22.0. The van der Waals surface area contributed by atoms with Crippen molar-refractivity contribution in [1.82, 2.24) is 9.97 Å². The van der Waals surface area contributed by atoms with Gasteiger partial charge in [0.15, 0.2) is 0 Å². The molecule has 7 nitrogen and oxygen atoms in total. The van der Waals surface area contributed by atoms with E-state index in [9.17, 15) is 0 Å². The summed E-state index contributed by atoms with van der Waals surface area (Å²) in [7, 11) is 0. The molecule has 19 heavy (non-hydrogen) atoms. The van der Waals surface area contributed by atoms with Crippen LogP contribution in [-0.2, 0) is 4.74 Å². The van der Waals surface area contributed by atoms with Crippen molar-refractivity contribution in [3.63, 3.8) is 0 Å². The van der Waals surface area contributed by atoms with Gasteiger partial charge in [-0.25, -0.2) is 4.98 Å². The van der Waals surface area contributed by atoms with Crippen LogP contribution >= 0.6 is 0 Å². The third-order valence-corrected chi connectivity index (χ3v) is 3.14. The first kappa shape index (κ1) is 14.0. The molecule has 1 fully saturated rings. The smallest absolute Gasteiger partial charge is 0.222 e. The third-order valence-electron chi connectivity index (χ3n) is 3.14. The number of aliphatic hydroxyl groups excluding tert-OH is 1. The predicted octanol–water partition coefficient (Wildman–Crippen LogP) is -0.316. The van der Waals surface area contributed by atoms with Gasteiger partial charge in [-0.1, -0.05) is 0 Å². The molecule has 106 valence electrons. The van der Waals surface area contributed by atoms with Crippen molar-refractivity contribution >= 4 is 11.8 Å². The first-order valence-electron chi connectivity index (χ1n) is 6.51. The van der Waals surface area contributed by atoms with Gasteiger partial charge in [-0.2, -0.15) is 4.98 Å². The lowest BCUT2D eigenvalue weighted by atomic mass is 9.78. The van der Waals surface area contributed by atoms with Crippen LogP contribution in [0.25, 0.3) is 0 Å². The summed E-state index contributed by atoms with van der Waals surface area (Å²) >= 11 is 0. The van der Waals surface area contributed by atoms with Gasteiger partial charge in [0.1, 0.15) is 5.82 Å². The van der Waals surface area contributed by atoms with E-state index in [1.54, 1.807) is 0 Å². The van der Waals surface area contributed by atoms with Crippen LogP contribution in [0.4, 0.5) is 11.8 Å². The molecule has 1 saturated carbocycles. The Morgan fingerprint density at radius 2 is 2.16 bits per heavy atom. The number of aliphatic hydroxyl groups is 1. The Morgan fingerprint density at radius 3 is 2.84 bits per heavy atom. The number of hydrogen-bond donors (Lipinski definition) is 4. The molecule has 0 bridgehead atoms. The summed E-state index contributed by atoms with van der Waals surface area (Å²) in [5.41, 5.74) is 12.4. The van der Waals surface area contributed by atoms with Crippen molar-refractivity contribution in [3.8, 4) is 0 Å². The van der Waals surface area contributed by atoms with Crippen LogP contribution in [0, 0.1) is 0 Å². The van der Waals surface area contributed by atoms with Crippen LogP contribution in [0.15, 0.2) is 6.07 Å². The van der Waals surface area contributed by atoms with E-state index in [2.05, 4.69) is 15.3 Å². The summed E-state index contributed by atoms with van der Waals surface area (Å²) in [5.74, 6) is 1.37. The number of nitrogen functional groups attached to an aromatic ring is 1. The highest BCUT2D eigenvalue weighted by molar-refractivity contribution is 5.41. The van der Waals surface area contributed by atoms with Gasteiger partial charge < -0.3 is 26.6 Å². The molecule has 6 N–H and O–H groups in total. The molecular formula is C12H21N5O2. The van der Waals surface area contributed by atoms with Crippen LogP contribution in [0.3, 0.4) is 0 Å². The van der Waals surface area contributed by atoms with Gasteiger partial charge in [-0.3, -0.25) is 0 Å². The summed E-state index contributed by atoms with van der Waals surface area (Å²) in [6.07, 6.45) is 1.91. The fourth-order valence-corrected chi connectivity index (χ4v) is 2.11. The van der Waals surface area contributed by atoms with E-state index in [-0.39, 0.29) is 18.6 Å². The SMILES string of the molecule is Nc1nc(NCCOCCO)cc(C2CC(N)C2)n1. The highest BCUT2D eigenvalue weighted by Gasteiger charge is 2.28. The molecule has 1 heterocycles. The molecule has 7 heteroatoms. The first-order chi connectivity index (χ1) is 9.19. The highest BCUT2D eigenvalue weighted by atomic mass is 16.5. The standard InChI is InChI=1S/C12H21N5O2/c13-9-5-8(6-9)10-7-11(17-12(14)16-10)15-1-3-19-4-2-18/h7-9,18H,1-6,13H2,(H3,14,15,16,17). The van der Waals surface area contributed by atoms with Crippen molar-refractivity contribution in [1.29, 1.82) is 0 Å². The minimum atomic E-state index is 0.0343. The van der Waals surface area contributed by atoms with E-state index >= 15 is 0 Å². The minimum absolute atomic E-state index is 0.0343. The predicted molar refractivity (Wildman–Crippen MR) is 72.8 cm³/mol. The maximum absolute atomic E-state index is 8.58. The molecular weight excluding hydrogens is 246 g/mol. The topological polar surface area (TPSA) is 119 Å². The van der Waals surface area contributed by atoms with Gasteiger partial charge in [-0.05, 0) is 12.8 Å². The van der Waals surface area contributed by atoms with Crippen LogP contribution in [0.1, 0.15) is 24.5 Å². The Bertz CT molecular complexity index is 409. The molecule has 0 radical (unpaired) electrons. The van der Waals surface area contributed by atoms with Crippen LogP contribution in [0.5, 0.6) is 0 Å². The third kappa shape index (κ3) is 4.02. The van der Waals surface area contributed by atoms with Crippen molar-refractivity contribution in [2.75, 3.05) is 37.4 Å². The molecule has 1 aromatic heterocycles. The van der Waals surface area contributed by atoms with Crippen molar-refractivity contribution in [2.45, 2.75) is 24.8 Å². The van der Waals surface area contributed by atoms with Crippen molar-refractivity contribution < 1.29 is 9.84 Å². The molecule has 1 aliphatic carbocycles. The number of anilines is 2. The average Bonchev–Trinajstić information content (AvgIpc) is 2.34. The fraction of sp³-hybridized carbons (Fsp3) is 0.667. The van der Waals surface area contributed by atoms with E-state index in [4.69, 9.17) is 21.3 Å². The Balaban J connectivity index is 1.86. The van der Waals surface area contributed by atoms with Gasteiger partial charge in [-0.15, -0.1) is 0 Å². The number of ether oxygens (including phenoxy) is 1. The molecule has 1 aromatic rings. The molecule has 1 aliphatic rings. The molecule has 0 saturated heterocycles. The first-order valence-corrected chi connectivity index (χ1v) is 6.51.